The highest BCUT2D eigenvalue weighted by Gasteiger charge is 2.05. The number of nitrogens with one attached hydrogen (secondary N) is 2. The summed E-state index contributed by atoms with van der Waals surface area (Å²) in [5, 5.41) is 9.64. The first-order chi connectivity index (χ1) is 10.8. The number of thiazole rings is 1. The van der Waals surface area contributed by atoms with E-state index in [1.165, 1.54) is 0 Å². The third-order valence-corrected chi connectivity index (χ3v) is 3.99. The SMILES string of the molecule is CN=C(NCCCOC)NCc1csc(-c2ccccc2)n1. The zero-order valence-corrected chi connectivity index (χ0v) is 13.8. The number of rotatable bonds is 7. The van der Waals surface area contributed by atoms with Crippen LogP contribution < -0.4 is 10.6 Å². The van der Waals surface area contributed by atoms with Crippen molar-refractivity contribution in [3.05, 3.63) is 41.4 Å². The van der Waals surface area contributed by atoms with E-state index in [2.05, 4.69) is 38.1 Å². The van der Waals surface area contributed by atoms with E-state index in [-0.39, 0.29) is 0 Å². The van der Waals surface area contributed by atoms with Gasteiger partial charge in [0, 0.05) is 38.3 Å². The number of aliphatic imine (C=N–C) groups is 1. The van der Waals surface area contributed by atoms with Crippen LogP contribution in [0.4, 0.5) is 0 Å². The van der Waals surface area contributed by atoms with E-state index in [0.717, 1.165) is 41.8 Å². The summed E-state index contributed by atoms with van der Waals surface area (Å²) < 4.78 is 5.02. The molecule has 0 spiro atoms. The molecule has 0 saturated heterocycles. The van der Waals surface area contributed by atoms with Crippen LogP contribution >= 0.6 is 11.3 Å². The summed E-state index contributed by atoms with van der Waals surface area (Å²) in [4.78, 5) is 8.84. The molecular formula is C16H22N4OS. The van der Waals surface area contributed by atoms with Crippen molar-refractivity contribution in [2.75, 3.05) is 27.3 Å². The van der Waals surface area contributed by atoms with Crippen LogP contribution in [0.5, 0.6) is 0 Å². The molecule has 5 nitrogen and oxygen atoms in total. The lowest BCUT2D eigenvalue weighted by Crippen LogP contribution is -2.37. The lowest BCUT2D eigenvalue weighted by atomic mass is 10.2. The average Bonchev–Trinajstić information content (AvgIpc) is 3.04. The van der Waals surface area contributed by atoms with Gasteiger partial charge in [0.2, 0.25) is 0 Å². The van der Waals surface area contributed by atoms with Crippen LogP contribution in [0.3, 0.4) is 0 Å². The normalized spacial score (nSPS) is 11.5. The van der Waals surface area contributed by atoms with Gasteiger partial charge in [-0.1, -0.05) is 30.3 Å². The first kappa shape index (κ1) is 16.5. The summed E-state index contributed by atoms with van der Waals surface area (Å²) in [6.07, 6.45) is 0.950. The van der Waals surface area contributed by atoms with Crippen LogP contribution in [0.2, 0.25) is 0 Å². The van der Waals surface area contributed by atoms with Crippen molar-refractivity contribution in [3.63, 3.8) is 0 Å². The van der Waals surface area contributed by atoms with E-state index in [0.29, 0.717) is 6.54 Å². The van der Waals surface area contributed by atoms with Gasteiger partial charge in [0.15, 0.2) is 5.96 Å². The van der Waals surface area contributed by atoms with E-state index >= 15 is 0 Å². The summed E-state index contributed by atoms with van der Waals surface area (Å²) >= 11 is 1.66. The van der Waals surface area contributed by atoms with Gasteiger partial charge in [-0.3, -0.25) is 4.99 Å². The zero-order chi connectivity index (χ0) is 15.6. The first-order valence-corrected chi connectivity index (χ1v) is 8.14. The summed E-state index contributed by atoms with van der Waals surface area (Å²) in [7, 11) is 3.47. The van der Waals surface area contributed by atoms with Gasteiger partial charge in [-0.25, -0.2) is 4.98 Å². The molecule has 1 heterocycles. The standard InChI is InChI=1S/C16H22N4OS/c1-17-16(18-9-6-10-21-2)19-11-14-12-22-15(20-14)13-7-4-3-5-8-13/h3-5,7-8,12H,6,9-11H2,1-2H3,(H2,17,18,19). The minimum atomic E-state index is 0.660. The third kappa shape index (κ3) is 5.13. The second-order valence-corrected chi connectivity index (χ2v) is 5.57. The fourth-order valence-corrected chi connectivity index (χ4v) is 2.75. The van der Waals surface area contributed by atoms with E-state index in [4.69, 9.17) is 4.74 Å². The maximum Gasteiger partial charge on any atom is 0.191 e. The second kappa shape index (κ2) is 9.17. The average molecular weight is 318 g/mol. The highest BCUT2D eigenvalue weighted by molar-refractivity contribution is 7.13. The van der Waals surface area contributed by atoms with Crippen molar-refractivity contribution in [3.8, 4) is 10.6 Å². The minimum absolute atomic E-state index is 0.660. The maximum atomic E-state index is 5.02. The summed E-state index contributed by atoms with van der Waals surface area (Å²) in [6, 6.07) is 10.2. The van der Waals surface area contributed by atoms with Crippen LogP contribution in [0.15, 0.2) is 40.7 Å². The topological polar surface area (TPSA) is 58.5 Å². The van der Waals surface area contributed by atoms with E-state index in [1.807, 2.05) is 18.2 Å². The lowest BCUT2D eigenvalue weighted by molar-refractivity contribution is 0.195. The molecule has 22 heavy (non-hydrogen) atoms. The highest BCUT2D eigenvalue weighted by atomic mass is 32.1. The van der Waals surface area contributed by atoms with Gasteiger partial charge in [0.25, 0.3) is 0 Å². The zero-order valence-electron chi connectivity index (χ0n) is 13.0. The van der Waals surface area contributed by atoms with Crippen LogP contribution in [-0.4, -0.2) is 38.3 Å². The summed E-state index contributed by atoms with van der Waals surface area (Å²) in [5.41, 5.74) is 2.17. The Labute approximate surface area is 135 Å². The largest absolute Gasteiger partial charge is 0.385 e. The van der Waals surface area contributed by atoms with Gasteiger partial charge in [-0.05, 0) is 6.42 Å². The van der Waals surface area contributed by atoms with E-state index in [1.54, 1.807) is 25.5 Å². The fourth-order valence-electron chi connectivity index (χ4n) is 1.92. The van der Waals surface area contributed by atoms with Crippen LogP contribution in [-0.2, 0) is 11.3 Å². The molecule has 0 radical (unpaired) electrons. The fraction of sp³-hybridized carbons (Fsp3) is 0.375. The molecule has 2 N–H and O–H groups in total. The summed E-state index contributed by atoms with van der Waals surface area (Å²) in [5.74, 6) is 0.783. The molecule has 0 bridgehead atoms. The number of methoxy groups -OCH3 is 1. The lowest BCUT2D eigenvalue weighted by Gasteiger charge is -2.10. The Balaban J connectivity index is 1.82. The highest BCUT2D eigenvalue weighted by Crippen LogP contribution is 2.22. The molecule has 2 rings (SSSR count). The number of aromatic nitrogens is 1. The quantitative estimate of drug-likeness (QED) is 0.468. The molecule has 2 aromatic rings. The molecule has 0 aliphatic rings. The smallest absolute Gasteiger partial charge is 0.191 e. The Morgan fingerprint density at radius 3 is 2.82 bits per heavy atom. The Hall–Kier alpha value is -1.92. The number of hydrogen-bond acceptors (Lipinski definition) is 4. The number of ether oxygens (including phenoxy) is 1. The van der Waals surface area contributed by atoms with Gasteiger partial charge in [0.05, 0.1) is 12.2 Å². The van der Waals surface area contributed by atoms with E-state index < -0.39 is 0 Å². The predicted molar refractivity (Wildman–Crippen MR) is 92.2 cm³/mol. The molecule has 0 aliphatic carbocycles. The van der Waals surface area contributed by atoms with Gasteiger partial charge < -0.3 is 15.4 Å². The van der Waals surface area contributed by atoms with Crippen molar-refractivity contribution in [2.45, 2.75) is 13.0 Å². The Morgan fingerprint density at radius 1 is 1.27 bits per heavy atom. The van der Waals surface area contributed by atoms with Crippen molar-refractivity contribution in [1.29, 1.82) is 0 Å². The molecule has 118 valence electrons. The predicted octanol–water partition coefficient (Wildman–Crippen LogP) is 2.51. The molecular weight excluding hydrogens is 296 g/mol. The van der Waals surface area contributed by atoms with Gasteiger partial charge >= 0.3 is 0 Å². The van der Waals surface area contributed by atoms with Crippen molar-refractivity contribution in [2.24, 2.45) is 4.99 Å². The van der Waals surface area contributed by atoms with Crippen LogP contribution in [0.1, 0.15) is 12.1 Å². The molecule has 1 aromatic carbocycles. The van der Waals surface area contributed by atoms with Crippen LogP contribution in [0.25, 0.3) is 10.6 Å². The number of guanidine groups is 1. The first-order valence-electron chi connectivity index (χ1n) is 7.26. The number of hydrogen-bond donors (Lipinski definition) is 2. The minimum Gasteiger partial charge on any atom is -0.385 e. The molecule has 0 fully saturated rings. The molecule has 0 atom stereocenters. The van der Waals surface area contributed by atoms with Crippen molar-refractivity contribution >= 4 is 17.3 Å². The van der Waals surface area contributed by atoms with Crippen molar-refractivity contribution < 1.29 is 4.74 Å². The number of benzene rings is 1. The number of nitrogens with zero attached hydrogens (tertiary/aromatic N) is 2. The molecule has 1 aromatic heterocycles. The van der Waals surface area contributed by atoms with E-state index in [9.17, 15) is 0 Å². The Morgan fingerprint density at radius 2 is 2.09 bits per heavy atom. The van der Waals surface area contributed by atoms with Gasteiger partial charge in [-0.2, -0.15) is 0 Å². The maximum absolute atomic E-state index is 5.02. The third-order valence-electron chi connectivity index (χ3n) is 3.05. The molecule has 0 unspecified atom stereocenters. The van der Waals surface area contributed by atoms with Gasteiger partial charge in [-0.15, -0.1) is 11.3 Å². The van der Waals surface area contributed by atoms with Crippen molar-refractivity contribution in [1.82, 2.24) is 15.6 Å². The molecule has 0 amide bonds. The summed E-state index contributed by atoms with van der Waals surface area (Å²) in [6.45, 7) is 2.24. The van der Waals surface area contributed by atoms with Gasteiger partial charge in [0.1, 0.15) is 5.01 Å². The van der Waals surface area contributed by atoms with Crippen LogP contribution in [0, 0.1) is 0 Å². The molecule has 6 heteroatoms. The molecule has 0 saturated carbocycles. The monoisotopic (exact) mass is 318 g/mol. The Kier molecular flexibility index (Phi) is 6.86. The second-order valence-electron chi connectivity index (χ2n) is 4.71. The Bertz CT molecular complexity index is 583. The molecule has 0 aliphatic heterocycles.